The second-order valence-electron chi connectivity index (χ2n) is 5.88. The van der Waals surface area contributed by atoms with Crippen molar-refractivity contribution in [2.75, 3.05) is 13.1 Å². The predicted octanol–water partition coefficient (Wildman–Crippen LogP) is 2.38. The van der Waals surface area contributed by atoms with Crippen LogP contribution < -0.4 is 0 Å². The topological polar surface area (TPSA) is 57.6 Å². The second kappa shape index (κ2) is 5.46. The average molecular weight is 311 g/mol. The van der Waals surface area contributed by atoms with Gasteiger partial charge in [-0.25, -0.2) is 9.18 Å². The summed E-state index contributed by atoms with van der Waals surface area (Å²) in [5.74, 6) is -4.47. The normalized spacial score (nSPS) is 34.0. The number of likely N-dealkylation sites (tertiary alicyclic amines) is 1. The van der Waals surface area contributed by atoms with E-state index in [2.05, 4.69) is 0 Å². The van der Waals surface area contributed by atoms with Gasteiger partial charge in [-0.1, -0.05) is 6.42 Å². The van der Waals surface area contributed by atoms with Gasteiger partial charge in [0.15, 0.2) is 0 Å². The van der Waals surface area contributed by atoms with Crippen LogP contribution >= 0.6 is 0 Å². The Morgan fingerprint density at radius 3 is 2.43 bits per heavy atom. The number of rotatable bonds is 2. The maximum atomic E-state index is 13.9. The van der Waals surface area contributed by atoms with Crippen molar-refractivity contribution < 1.29 is 32.3 Å². The van der Waals surface area contributed by atoms with E-state index in [4.69, 9.17) is 5.11 Å². The van der Waals surface area contributed by atoms with Crippen LogP contribution in [0.4, 0.5) is 17.6 Å². The lowest BCUT2D eigenvalue weighted by Crippen LogP contribution is -2.42. The fourth-order valence-electron chi connectivity index (χ4n) is 3.11. The van der Waals surface area contributed by atoms with Gasteiger partial charge < -0.3 is 10.0 Å². The molecule has 1 N–H and O–H groups in total. The number of carbonyl (C=O) groups excluding carboxylic acids is 1. The fraction of sp³-hybridized carbons (Fsp3) is 0.846. The highest BCUT2D eigenvalue weighted by atomic mass is 19.4. The number of alkyl halides is 4. The minimum Gasteiger partial charge on any atom is -0.479 e. The van der Waals surface area contributed by atoms with Crippen LogP contribution in [0.15, 0.2) is 0 Å². The molecule has 1 saturated heterocycles. The van der Waals surface area contributed by atoms with E-state index in [-0.39, 0.29) is 25.8 Å². The van der Waals surface area contributed by atoms with E-state index in [9.17, 15) is 27.2 Å². The Balaban J connectivity index is 1.99. The molecule has 0 spiro atoms. The summed E-state index contributed by atoms with van der Waals surface area (Å²) in [7, 11) is 0. The SMILES string of the molecule is O=C(C1CCCC(C(F)(F)F)C1)N1CCC(F)(C(=O)O)C1. The average Bonchev–Trinajstić information content (AvgIpc) is 2.81. The Morgan fingerprint density at radius 2 is 1.90 bits per heavy atom. The number of aliphatic carboxylic acids is 1. The van der Waals surface area contributed by atoms with E-state index < -0.39 is 42.1 Å². The molecule has 120 valence electrons. The minimum atomic E-state index is -4.32. The number of hydrogen-bond donors (Lipinski definition) is 1. The van der Waals surface area contributed by atoms with Gasteiger partial charge in [0, 0.05) is 18.9 Å². The number of nitrogens with zero attached hydrogens (tertiary/aromatic N) is 1. The number of halogens is 4. The molecule has 1 aliphatic heterocycles. The first-order valence-electron chi connectivity index (χ1n) is 6.91. The third-order valence-corrected chi connectivity index (χ3v) is 4.40. The molecule has 2 fully saturated rings. The molecule has 1 aliphatic carbocycles. The van der Waals surface area contributed by atoms with Gasteiger partial charge >= 0.3 is 12.1 Å². The standard InChI is InChI=1S/C13H17F4NO3/c14-12(11(20)21)4-5-18(7-12)10(19)8-2-1-3-9(6-8)13(15,16)17/h8-9H,1-7H2,(H,20,21). The summed E-state index contributed by atoms with van der Waals surface area (Å²) in [4.78, 5) is 24.0. The van der Waals surface area contributed by atoms with Gasteiger partial charge in [-0.05, 0) is 19.3 Å². The molecule has 8 heteroatoms. The van der Waals surface area contributed by atoms with Crippen LogP contribution in [0.3, 0.4) is 0 Å². The molecule has 2 aliphatic rings. The molecule has 21 heavy (non-hydrogen) atoms. The zero-order valence-electron chi connectivity index (χ0n) is 11.3. The molecule has 0 radical (unpaired) electrons. The zero-order valence-corrected chi connectivity index (χ0v) is 11.3. The molecule has 1 saturated carbocycles. The first-order valence-corrected chi connectivity index (χ1v) is 6.91. The summed E-state index contributed by atoms with van der Waals surface area (Å²) in [5.41, 5.74) is -2.48. The Labute approximate surface area is 119 Å². The quantitative estimate of drug-likeness (QED) is 0.797. The molecule has 0 aromatic rings. The van der Waals surface area contributed by atoms with Crippen LogP contribution in [0.2, 0.25) is 0 Å². The van der Waals surface area contributed by atoms with Gasteiger partial charge in [0.2, 0.25) is 11.6 Å². The molecular formula is C13H17F4NO3. The number of amides is 1. The molecule has 3 unspecified atom stereocenters. The Morgan fingerprint density at radius 1 is 1.24 bits per heavy atom. The monoisotopic (exact) mass is 311 g/mol. The van der Waals surface area contributed by atoms with Crippen molar-refractivity contribution in [1.29, 1.82) is 0 Å². The fourth-order valence-corrected chi connectivity index (χ4v) is 3.11. The number of hydrogen-bond acceptors (Lipinski definition) is 2. The van der Waals surface area contributed by atoms with Crippen LogP contribution in [0.25, 0.3) is 0 Å². The summed E-state index contributed by atoms with van der Waals surface area (Å²) in [6, 6.07) is 0. The molecule has 1 heterocycles. The Kier molecular flexibility index (Phi) is 4.17. The first-order chi connectivity index (χ1) is 9.63. The second-order valence-corrected chi connectivity index (χ2v) is 5.88. The maximum absolute atomic E-state index is 13.9. The molecule has 0 aromatic heterocycles. The van der Waals surface area contributed by atoms with E-state index >= 15 is 0 Å². The molecule has 4 nitrogen and oxygen atoms in total. The minimum absolute atomic E-state index is 0.00938. The van der Waals surface area contributed by atoms with Gasteiger partial charge in [0.25, 0.3) is 0 Å². The summed E-state index contributed by atoms with van der Waals surface area (Å²) < 4.78 is 52.1. The van der Waals surface area contributed by atoms with E-state index in [1.165, 1.54) is 0 Å². The van der Waals surface area contributed by atoms with Gasteiger partial charge in [-0.2, -0.15) is 13.2 Å². The van der Waals surface area contributed by atoms with Gasteiger partial charge in [0.05, 0.1) is 12.5 Å². The van der Waals surface area contributed by atoms with Crippen LogP contribution in [-0.2, 0) is 9.59 Å². The molecule has 2 rings (SSSR count). The lowest BCUT2D eigenvalue weighted by Gasteiger charge is -2.32. The third kappa shape index (κ3) is 3.29. The van der Waals surface area contributed by atoms with E-state index in [0.717, 1.165) is 4.90 Å². The van der Waals surface area contributed by atoms with Crippen molar-refractivity contribution in [3.05, 3.63) is 0 Å². The first kappa shape index (κ1) is 16.0. The summed E-state index contributed by atoms with van der Waals surface area (Å²) >= 11 is 0. The van der Waals surface area contributed by atoms with Crippen molar-refractivity contribution in [3.63, 3.8) is 0 Å². The smallest absolute Gasteiger partial charge is 0.391 e. The number of carboxylic acids is 1. The van der Waals surface area contributed by atoms with Gasteiger partial charge in [0.1, 0.15) is 0 Å². The van der Waals surface area contributed by atoms with Crippen molar-refractivity contribution >= 4 is 11.9 Å². The van der Waals surface area contributed by atoms with Crippen LogP contribution in [-0.4, -0.2) is 46.8 Å². The van der Waals surface area contributed by atoms with Crippen molar-refractivity contribution in [1.82, 2.24) is 4.90 Å². The number of carbonyl (C=O) groups is 2. The molecule has 0 aromatic carbocycles. The van der Waals surface area contributed by atoms with Gasteiger partial charge in [-0.15, -0.1) is 0 Å². The largest absolute Gasteiger partial charge is 0.479 e. The highest BCUT2D eigenvalue weighted by Crippen LogP contribution is 2.41. The van der Waals surface area contributed by atoms with Crippen molar-refractivity contribution in [2.24, 2.45) is 11.8 Å². The molecule has 3 atom stereocenters. The van der Waals surface area contributed by atoms with E-state index in [0.29, 0.717) is 12.8 Å². The lowest BCUT2D eigenvalue weighted by molar-refractivity contribution is -0.187. The Bertz CT molecular complexity index is 440. The van der Waals surface area contributed by atoms with Crippen LogP contribution in [0.5, 0.6) is 0 Å². The highest BCUT2D eigenvalue weighted by molar-refractivity contribution is 5.83. The third-order valence-electron chi connectivity index (χ3n) is 4.40. The van der Waals surface area contributed by atoms with Crippen molar-refractivity contribution in [2.45, 2.75) is 43.9 Å². The number of carboxylic acid groups (broad SMARTS) is 1. The highest BCUT2D eigenvalue weighted by Gasteiger charge is 2.49. The van der Waals surface area contributed by atoms with Crippen LogP contribution in [0, 0.1) is 11.8 Å². The summed E-state index contributed by atoms with van der Waals surface area (Å²) in [6.07, 6.45) is -4.28. The summed E-state index contributed by atoms with van der Waals surface area (Å²) in [6.45, 7) is -0.636. The van der Waals surface area contributed by atoms with E-state index in [1.54, 1.807) is 0 Å². The summed E-state index contributed by atoms with van der Waals surface area (Å²) in [5, 5.41) is 8.77. The predicted molar refractivity (Wildman–Crippen MR) is 64.2 cm³/mol. The van der Waals surface area contributed by atoms with E-state index in [1.807, 2.05) is 0 Å². The molecule has 0 bridgehead atoms. The maximum Gasteiger partial charge on any atom is 0.391 e. The zero-order chi connectivity index (χ0) is 15.8. The lowest BCUT2D eigenvalue weighted by atomic mass is 9.80. The van der Waals surface area contributed by atoms with Crippen molar-refractivity contribution in [3.8, 4) is 0 Å². The van der Waals surface area contributed by atoms with Gasteiger partial charge in [-0.3, -0.25) is 4.79 Å². The Hall–Kier alpha value is -1.34. The molecular weight excluding hydrogens is 294 g/mol. The van der Waals surface area contributed by atoms with Crippen LogP contribution in [0.1, 0.15) is 32.1 Å². The molecule has 1 amide bonds.